The van der Waals surface area contributed by atoms with Gasteiger partial charge in [-0.05, 0) is 18.1 Å². The zero-order valence-electron chi connectivity index (χ0n) is 11.1. The minimum absolute atomic E-state index is 0.202. The van der Waals surface area contributed by atoms with E-state index in [4.69, 9.17) is 0 Å². The molecule has 0 unspecified atom stereocenters. The molecule has 0 saturated heterocycles. The zero-order valence-corrected chi connectivity index (χ0v) is 11.1. The van der Waals surface area contributed by atoms with Crippen molar-refractivity contribution in [3.05, 3.63) is 68.7 Å². The Morgan fingerprint density at radius 2 is 2.00 bits per heavy atom. The van der Waals surface area contributed by atoms with E-state index in [1.165, 1.54) is 12.3 Å². The molecular weight excluding hydrogens is 277 g/mol. The first-order valence-electron chi connectivity index (χ1n) is 6.36. The number of amides is 1. The molecule has 2 aromatic rings. The van der Waals surface area contributed by atoms with Gasteiger partial charge in [0.1, 0.15) is 12.4 Å². The molecule has 2 N–H and O–H groups in total. The first-order valence-corrected chi connectivity index (χ1v) is 6.36. The summed E-state index contributed by atoms with van der Waals surface area (Å²) in [4.78, 5) is 36.0. The van der Waals surface area contributed by atoms with E-state index >= 15 is 0 Å². The first-order chi connectivity index (χ1) is 10.1. The number of aromatic nitrogens is 2. The van der Waals surface area contributed by atoms with Crippen LogP contribution in [0.25, 0.3) is 0 Å². The van der Waals surface area contributed by atoms with E-state index in [1.807, 2.05) is 0 Å². The van der Waals surface area contributed by atoms with Gasteiger partial charge in [-0.25, -0.2) is 9.18 Å². The maximum Gasteiger partial charge on any atom is 0.328 e. The van der Waals surface area contributed by atoms with Crippen LogP contribution in [-0.2, 0) is 17.8 Å². The fourth-order valence-electron chi connectivity index (χ4n) is 1.82. The second-order valence-corrected chi connectivity index (χ2v) is 4.43. The maximum absolute atomic E-state index is 13.4. The Labute approximate surface area is 119 Å². The van der Waals surface area contributed by atoms with Gasteiger partial charge in [-0.15, -0.1) is 0 Å². The van der Waals surface area contributed by atoms with Crippen molar-refractivity contribution in [1.82, 2.24) is 14.9 Å². The molecule has 1 aromatic carbocycles. The third kappa shape index (κ3) is 4.13. The van der Waals surface area contributed by atoms with E-state index in [2.05, 4.69) is 10.3 Å². The summed E-state index contributed by atoms with van der Waals surface area (Å²) in [6, 6.07) is 7.49. The van der Waals surface area contributed by atoms with Gasteiger partial charge in [0.05, 0.1) is 0 Å². The summed E-state index contributed by atoms with van der Waals surface area (Å²) < 4.78 is 14.4. The molecule has 0 fully saturated rings. The van der Waals surface area contributed by atoms with Crippen LogP contribution in [0.5, 0.6) is 0 Å². The highest BCUT2D eigenvalue weighted by Gasteiger charge is 2.05. The molecule has 0 bridgehead atoms. The minimum atomic E-state index is -0.647. The Kier molecular flexibility index (Phi) is 4.65. The molecule has 0 radical (unpaired) electrons. The van der Waals surface area contributed by atoms with Crippen molar-refractivity contribution in [1.29, 1.82) is 0 Å². The Bertz CT molecular complexity index is 751. The van der Waals surface area contributed by atoms with Gasteiger partial charge in [0.2, 0.25) is 5.91 Å². The van der Waals surface area contributed by atoms with Crippen molar-refractivity contribution in [2.45, 2.75) is 13.0 Å². The predicted molar refractivity (Wildman–Crippen MR) is 74.4 cm³/mol. The molecule has 7 heteroatoms. The fourth-order valence-corrected chi connectivity index (χ4v) is 1.82. The third-order valence-corrected chi connectivity index (χ3v) is 2.89. The van der Waals surface area contributed by atoms with Crippen LogP contribution in [0, 0.1) is 5.82 Å². The second-order valence-electron chi connectivity index (χ2n) is 4.43. The minimum Gasteiger partial charge on any atom is -0.354 e. The van der Waals surface area contributed by atoms with Crippen LogP contribution in [0.15, 0.2) is 46.1 Å². The average Bonchev–Trinajstić information content (AvgIpc) is 2.44. The molecular formula is C14H14FN3O3. The molecule has 21 heavy (non-hydrogen) atoms. The number of rotatable bonds is 5. The number of H-pyrrole nitrogens is 1. The third-order valence-electron chi connectivity index (χ3n) is 2.89. The van der Waals surface area contributed by atoms with Gasteiger partial charge in [0.15, 0.2) is 0 Å². The van der Waals surface area contributed by atoms with Gasteiger partial charge < -0.3 is 5.32 Å². The van der Waals surface area contributed by atoms with Gasteiger partial charge in [-0.1, -0.05) is 18.2 Å². The van der Waals surface area contributed by atoms with Crippen LogP contribution >= 0.6 is 0 Å². The summed E-state index contributed by atoms with van der Waals surface area (Å²) in [6.07, 6.45) is 1.61. The summed E-state index contributed by atoms with van der Waals surface area (Å²) in [7, 11) is 0. The summed E-state index contributed by atoms with van der Waals surface area (Å²) in [6.45, 7) is 0.0603. The highest BCUT2D eigenvalue weighted by atomic mass is 19.1. The van der Waals surface area contributed by atoms with Gasteiger partial charge >= 0.3 is 5.69 Å². The summed E-state index contributed by atoms with van der Waals surface area (Å²) in [5.74, 6) is -0.705. The zero-order chi connectivity index (χ0) is 15.2. The van der Waals surface area contributed by atoms with Gasteiger partial charge in [0.25, 0.3) is 5.56 Å². The number of nitrogens with zero attached hydrogens (tertiary/aromatic N) is 1. The number of halogens is 1. The predicted octanol–water partition coefficient (Wildman–Crippen LogP) is 0.0346. The number of nitrogens with one attached hydrogen (secondary N) is 2. The number of hydrogen-bond donors (Lipinski definition) is 2. The molecule has 0 aliphatic carbocycles. The van der Waals surface area contributed by atoms with E-state index in [-0.39, 0.29) is 24.8 Å². The number of hydrogen-bond acceptors (Lipinski definition) is 3. The molecule has 6 nitrogen and oxygen atoms in total. The van der Waals surface area contributed by atoms with Crippen LogP contribution in [0.4, 0.5) is 4.39 Å². The lowest BCUT2D eigenvalue weighted by molar-refractivity contribution is -0.121. The van der Waals surface area contributed by atoms with Crippen molar-refractivity contribution in [3.8, 4) is 0 Å². The lowest BCUT2D eigenvalue weighted by Gasteiger charge is -2.07. The van der Waals surface area contributed by atoms with Gasteiger partial charge in [-0.2, -0.15) is 0 Å². The van der Waals surface area contributed by atoms with E-state index in [9.17, 15) is 18.8 Å². The largest absolute Gasteiger partial charge is 0.354 e. The van der Waals surface area contributed by atoms with E-state index in [0.29, 0.717) is 12.0 Å². The molecule has 0 aliphatic heterocycles. The highest BCUT2D eigenvalue weighted by molar-refractivity contribution is 5.75. The Morgan fingerprint density at radius 1 is 1.24 bits per heavy atom. The number of carbonyl (C=O) groups is 1. The van der Waals surface area contributed by atoms with Gasteiger partial charge in [0, 0.05) is 18.8 Å². The monoisotopic (exact) mass is 291 g/mol. The lowest BCUT2D eigenvalue weighted by atomic mass is 10.1. The van der Waals surface area contributed by atoms with Crippen molar-refractivity contribution in [2.75, 3.05) is 6.54 Å². The van der Waals surface area contributed by atoms with Gasteiger partial charge in [-0.3, -0.25) is 19.1 Å². The van der Waals surface area contributed by atoms with Crippen molar-refractivity contribution in [2.24, 2.45) is 0 Å². The van der Waals surface area contributed by atoms with E-state index in [0.717, 1.165) is 10.6 Å². The SMILES string of the molecule is O=C(Cn1ccc(=O)[nH]c1=O)NCCc1ccccc1F. The van der Waals surface area contributed by atoms with Crippen LogP contribution in [0.2, 0.25) is 0 Å². The van der Waals surface area contributed by atoms with Crippen LogP contribution in [0.3, 0.4) is 0 Å². The Morgan fingerprint density at radius 3 is 2.71 bits per heavy atom. The molecule has 0 aliphatic rings. The summed E-state index contributed by atoms with van der Waals surface area (Å²) in [5, 5.41) is 2.59. The smallest absolute Gasteiger partial charge is 0.328 e. The summed E-state index contributed by atoms with van der Waals surface area (Å²) >= 11 is 0. The average molecular weight is 291 g/mol. The highest BCUT2D eigenvalue weighted by Crippen LogP contribution is 2.05. The number of aromatic amines is 1. The van der Waals surface area contributed by atoms with Crippen molar-refractivity contribution >= 4 is 5.91 Å². The molecule has 110 valence electrons. The molecule has 1 amide bonds. The van der Waals surface area contributed by atoms with Crippen molar-refractivity contribution in [3.63, 3.8) is 0 Å². The van der Waals surface area contributed by atoms with E-state index in [1.54, 1.807) is 18.2 Å². The Hall–Kier alpha value is -2.70. The molecule has 2 rings (SSSR count). The molecule has 1 aromatic heterocycles. The second kappa shape index (κ2) is 6.65. The summed E-state index contributed by atoms with van der Waals surface area (Å²) in [5.41, 5.74) is -0.651. The first kappa shape index (κ1) is 14.7. The van der Waals surface area contributed by atoms with E-state index < -0.39 is 11.2 Å². The van der Waals surface area contributed by atoms with Crippen LogP contribution in [0.1, 0.15) is 5.56 Å². The number of carbonyl (C=O) groups excluding carboxylic acids is 1. The Balaban J connectivity index is 1.87. The maximum atomic E-state index is 13.4. The fraction of sp³-hybridized carbons (Fsp3) is 0.214. The topological polar surface area (TPSA) is 84.0 Å². The normalized spacial score (nSPS) is 10.3. The number of benzene rings is 1. The standard InChI is InChI=1S/C14H14FN3O3/c15-11-4-2-1-3-10(11)5-7-16-13(20)9-18-8-6-12(19)17-14(18)21/h1-4,6,8H,5,7,9H2,(H,16,20)(H,17,19,21). The lowest BCUT2D eigenvalue weighted by Crippen LogP contribution is -2.36. The van der Waals surface area contributed by atoms with Crippen LogP contribution in [-0.4, -0.2) is 22.0 Å². The van der Waals surface area contributed by atoms with Crippen LogP contribution < -0.4 is 16.6 Å². The van der Waals surface area contributed by atoms with Crippen molar-refractivity contribution < 1.29 is 9.18 Å². The molecule has 0 saturated carbocycles. The quantitative estimate of drug-likeness (QED) is 0.815. The molecule has 0 atom stereocenters. The molecule has 1 heterocycles. The molecule has 0 spiro atoms.